The van der Waals surface area contributed by atoms with Crippen molar-refractivity contribution >= 4 is 21.6 Å². The van der Waals surface area contributed by atoms with Gasteiger partial charge in [-0.2, -0.15) is 5.10 Å². The van der Waals surface area contributed by atoms with Gasteiger partial charge >= 0.3 is 0 Å². The first kappa shape index (κ1) is 19.1. The van der Waals surface area contributed by atoms with E-state index in [4.69, 9.17) is 9.84 Å². The van der Waals surface area contributed by atoms with Crippen LogP contribution >= 0.6 is 15.9 Å². The molecule has 0 amide bonds. The second-order valence-electron chi connectivity index (χ2n) is 8.16. The third kappa shape index (κ3) is 3.26. The summed E-state index contributed by atoms with van der Waals surface area (Å²) in [5.41, 5.74) is 2.07. The first-order chi connectivity index (χ1) is 14.1. The SMILES string of the molecule is CCCN1CCC2(CC1)Oc1ccc(Br)cc1C1CC(c3ccccc3F)=NN12. The van der Waals surface area contributed by atoms with Crippen molar-refractivity contribution in [2.45, 2.75) is 44.4 Å². The third-order valence-electron chi connectivity index (χ3n) is 6.32. The number of rotatable bonds is 3. The van der Waals surface area contributed by atoms with Crippen molar-refractivity contribution in [1.29, 1.82) is 0 Å². The Hall–Kier alpha value is -1.92. The molecule has 5 rings (SSSR count). The maximum Gasteiger partial charge on any atom is 0.200 e. The Kier molecular flexibility index (Phi) is 4.87. The van der Waals surface area contributed by atoms with Crippen LogP contribution in [-0.2, 0) is 0 Å². The van der Waals surface area contributed by atoms with Crippen molar-refractivity contribution in [3.05, 3.63) is 63.9 Å². The monoisotopic (exact) mass is 457 g/mol. The first-order valence-corrected chi connectivity index (χ1v) is 11.2. The highest BCUT2D eigenvalue weighted by atomic mass is 79.9. The Morgan fingerprint density at radius 3 is 2.76 bits per heavy atom. The molecule has 0 saturated carbocycles. The molecule has 1 atom stereocenters. The minimum atomic E-state index is -0.456. The quantitative estimate of drug-likeness (QED) is 0.622. The zero-order chi connectivity index (χ0) is 20.0. The summed E-state index contributed by atoms with van der Waals surface area (Å²) in [6, 6.07) is 13.2. The fraction of sp³-hybridized carbons (Fsp3) is 0.435. The van der Waals surface area contributed by atoms with Crippen LogP contribution in [0.25, 0.3) is 0 Å². The summed E-state index contributed by atoms with van der Waals surface area (Å²) in [5, 5.41) is 7.11. The summed E-state index contributed by atoms with van der Waals surface area (Å²) in [6.45, 7) is 5.32. The van der Waals surface area contributed by atoms with Crippen LogP contribution in [0.15, 0.2) is 52.0 Å². The van der Waals surface area contributed by atoms with Crippen molar-refractivity contribution in [3.63, 3.8) is 0 Å². The summed E-state index contributed by atoms with van der Waals surface area (Å²) in [4.78, 5) is 2.50. The van der Waals surface area contributed by atoms with Gasteiger partial charge in [-0.3, -0.25) is 0 Å². The number of nitrogens with zero attached hydrogens (tertiary/aromatic N) is 3. The van der Waals surface area contributed by atoms with E-state index in [0.29, 0.717) is 12.0 Å². The Labute approximate surface area is 179 Å². The Morgan fingerprint density at radius 1 is 1.21 bits per heavy atom. The zero-order valence-electron chi connectivity index (χ0n) is 16.6. The molecule has 2 aromatic rings. The second kappa shape index (κ2) is 7.40. The molecule has 29 heavy (non-hydrogen) atoms. The lowest BCUT2D eigenvalue weighted by molar-refractivity contribution is -0.149. The number of benzene rings is 2. The first-order valence-electron chi connectivity index (χ1n) is 10.4. The lowest BCUT2D eigenvalue weighted by Crippen LogP contribution is -2.59. The number of ether oxygens (including phenoxy) is 1. The van der Waals surface area contributed by atoms with E-state index in [1.54, 1.807) is 6.07 Å². The molecule has 1 unspecified atom stereocenters. The molecule has 3 aliphatic rings. The van der Waals surface area contributed by atoms with Gasteiger partial charge in [0.15, 0.2) is 0 Å². The Morgan fingerprint density at radius 2 is 2.00 bits per heavy atom. The molecule has 3 heterocycles. The summed E-state index contributed by atoms with van der Waals surface area (Å²) < 4.78 is 22.2. The van der Waals surface area contributed by atoms with E-state index in [2.05, 4.69) is 44.9 Å². The van der Waals surface area contributed by atoms with Crippen LogP contribution in [-0.4, -0.2) is 41.0 Å². The molecule has 152 valence electrons. The van der Waals surface area contributed by atoms with Gasteiger partial charge in [-0.15, -0.1) is 0 Å². The van der Waals surface area contributed by atoms with Crippen LogP contribution in [0.5, 0.6) is 5.75 Å². The minimum absolute atomic E-state index is 0.0728. The normalized spacial score (nSPS) is 22.8. The third-order valence-corrected chi connectivity index (χ3v) is 6.81. The molecular weight excluding hydrogens is 433 g/mol. The second-order valence-corrected chi connectivity index (χ2v) is 9.08. The van der Waals surface area contributed by atoms with E-state index in [1.807, 2.05) is 18.2 Å². The van der Waals surface area contributed by atoms with Gasteiger partial charge in [0.2, 0.25) is 5.72 Å². The summed E-state index contributed by atoms with van der Waals surface area (Å²) >= 11 is 3.59. The van der Waals surface area contributed by atoms with Crippen molar-refractivity contribution in [2.24, 2.45) is 5.10 Å². The number of hydrogen-bond donors (Lipinski definition) is 0. The maximum atomic E-state index is 14.5. The van der Waals surface area contributed by atoms with Crippen LogP contribution in [0.3, 0.4) is 0 Å². The molecule has 4 nitrogen and oxygen atoms in total. The zero-order valence-corrected chi connectivity index (χ0v) is 18.2. The van der Waals surface area contributed by atoms with Gasteiger partial charge in [-0.25, -0.2) is 9.40 Å². The molecular formula is C23H25BrFN3O. The average molecular weight is 458 g/mol. The molecule has 0 bridgehead atoms. The van der Waals surface area contributed by atoms with Crippen LogP contribution in [0.1, 0.15) is 49.8 Å². The standard InChI is InChI=1S/C23H25BrFN3O/c1-2-11-27-12-9-23(10-13-27)28-21(18-14-16(24)7-8-22(18)29-23)15-20(26-28)17-5-3-4-6-19(17)25/h3-8,14,21H,2,9-13,15H2,1H3. The highest BCUT2D eigenvalue weighted by Crippen LogP contribution is 2.50. The van der Waals surface area contributed by atoms with Crippen LogP contribution < -0.4 is 4.74 Å². The molecule has 1 fully saturated rings. The van der Waals surface area contributed by atoms with E-state index in [-0.39, 0.29) is 11.9 Å². The van der Waals surface area contributed by atoms with Gasteiger partial charge in [0, 0.05) is 48.0 Å². The van der Waals surface area contributed by atoms with Crippen molar-refractivity contribution in [3.8, 4) is 5.75 Å². The molecule has 1 spiro atoms. The average Bonchev–Trinajstić information content (AvgIpc) is 3.18. The van der Waals surface area contributed by atoms with Crippen molar-refractivity contribution < 1.29 is 9.13 Å². The maximum absolute atomic E-state index is 14.5. The Bertz CT molecular complexity index is 955. The molecule has 3 aliphatic heterocycles. The number of hydrogen-bond acceptors (Lipinski definition) is 4. The van der Waals surface area contributed by atoms with Gasteiger partial charge in [0.1, 0.15) is 11.6 Å². The highest BCUT2D eigenvalue weighted by molar-refractivity contribution is 9.10. The van der Waals surface area contributed by atoms with Crippen molar-refractivity contribution in [2.75, 3.05) is 19.6 Å². The summed E-state index contributed by atoms with van der Waals surface area (Å²) in [7, 11) is 0. The van der Waals surface area contributed by atoms with E-state index in [0.717, 1.165) is 60.4 Å². The fourth-order valence-corrected chi connectivity index (χ4v) is 5.26. The molecule has 0 aliphatic carbocycles. The van der Waals surface area contributed by atoms with Gasteiger partial charge in [-0.05, 0) is 37.2 Å². The van der Waals surface area contributed by atoms with Crippen LogP contribution in [0.2, 0.25) is 0 Å². The van der Waals surface area contributed by atoms with Gasteiger partial charge in [0.25, 0.3) is 0 Å². The largest absolute Gasteiger partial charge is 0.466 e. The molecule has 0 radical (unpaired) electrons. The molecule has 2 aromatic carbocycles. The Balaban J connectivity index is 1.55. The molecule has 1 saturated heterocycles. The fourth-order valence-electron chi connectivity index (χ4n) is 4.88. The lowest BCUT2D eigenvalue weighted by atomic mass is 9.90. The van der Waals surface area contributed by atoms with Gasteiger partial charge in [0.05, 0.1) is 11.8 Å². The number of piperidine rings is 1. The lowest BCUT2D eigenvalue weighted by Gasteiger charge is -2.51. The molecule has 0 aromatic heterocycles. The number of fused-ring (bicyclic) bond motifs is 4. The summed E-state index contributed by atoms with van der Waals surface area (Å²) in [5.74, 6) is 0.719. The van der Waals surface area contributed by atoms with E-state index < -0.39 is 5.72 Å². The van der Waals surface area contributed by atoms with E-state index in [1.165, 1.54) is 6.07 Å². The summed E-state index contributed by atoms with van der Waals surface area (Å²) in [6.07, 6.45) is 3.64. The number of likely N-dealkylation sites (tertiary alicyclic amines) is 1. The predicted molar refractivity (Wildman–Crippen MR) is 116 cm³/mol. The topological polar surface area (TPSA) is 28.1 Å². The molecule has 6 heteroatoms. The predicted octanol–water partition coefficient (Wildman–Crippen LogP) is 5.33. The van der Waals surface area contributed by atoms with Crippen LogP contribution in [0, 0.1) is 5.82 Å². The molecule has 0 N–H and O–H groups in total. The smallest absolute Gasteiger partial charge is 0.200 e. The van der Waals surface area contributed by atoms with Gasteiger partial charge in [-0.1, -0.05) is 41.1 Å². The number of halogens is 2. The van der Waals surface area contributed by atoms with E-state index in [9.17, 15) is 4.39 Å². The van der Waals surface area contributed by atoms with Crippen molar-refractivity contribution in [1.82, 2.24) is 9.91 Å². The van der Waals surface area contributed by atoms with Gasteiger partial charge < -0.3 is 9.64 Å². The minimum Gasteiger partial charge on any atom is -0.466 e. The number of hydrazone groups is 1. The highest BCUT2D eigenvalue weighted by Gasteiger charge is 2.51. The van der Waals surface area contributed by atoms with E-state index >= 15 is 0 Å². The van der Waals surface area contributed by atoms with Crippen LogP contribution in [0.4, 0.5) is 4.39 Å².